The van der Waals surface area contributed by atoms with Crippen molar-refractivity contribution in [1.82, 2.24) is 0 Å². The Labute approximate surface area is 505 Å². The molecular formula is C76H122O6. The Morgan fingerprint density at radius 2 is 0.476 bits per heavy atom. The largest absolute Gasteiger partial charge is 0.462 e. The van der Waals surface area contributed by atoms with Gasteiger partial charge in [-0.2, -0.15) is 0 Å². The van der Waals surface area contributed by atoms with Crippen LogP contribution in [0.1, 0.15) is 284 Å². The molecule has 0 spiro atoms. The SMILES string of the molecule is CC/C=C\C/C=C\C/C=C\C/C=C\C/C=C\C/C=C\C/C=C\CCCCCCCCCCCC(=O)OCC(COC(=O)CCCCCCC/C=C\CCCCCCC)OC(=O)CCCCC/C=C\C/C=C\C/C=C\C/C=C\C/C=C\CC. The highest BCUT2D eigenvalue weighted by atomic mass is 16.6. The Morgan fingerprint density at radius 3 is 0.768 bits per heavy atom. The van der Waals surface area contributed by atoms with Gasteiger partial charge in [-0.3, -0.25) is 14.4 Å². The first-order valence-electron chi connectivity index (χ1n) is 33.5. The van der Waals surface area contributed by atoms with Gasteiger partial charge in [0.2, 0.25) is 0 Å². The summed E-state index contributed by atoms with van der Waals surface area (Å²) in [5, 5.41) is 0. The van der Waals surface area contributed by atoms with Gasteiger partial charge in [-0.1, -0.05) is 275 Å². The number of carbonyl (C=O) groups excluding carboxylic acids is 3. The lowest BCUT2D eigenvalue weighted by Gasteiger charge is -2.18. The molecule has 0 saturated heterocycles. The zero-order chi connectivity index (χ0) is 59.2. The van der Waals surface area contributed by atoms with E-state index in [2.05, 4.69) is 179 Å². The van der Waals surface area contributed by atoms with E-state index in [9.17, 15) is 14.4 Å². The molecule has 0 aliphatic carbocycles. The van der Waals surface area contributed by atoms with Gasteiger partial charge in [-0.05, 0) is 148 Å². The first kappa shape index (κ1) is 77.0. The summed E-state index contributed by atoms with van der Waals surface area (Å²) >= 11 is 0. The average molecular weight is 1130 g/mol. The molecule has 0 aliphatic rings. The third-order valence-electron chi connectivity index (χ3n) is 13.7. The van der Waals surface area contributed by atoms with Crippen LogP contribution < -0.4 is 0 Å². The van der Waals surface area contributed by atoms with Gasteiger partial charge in [0.15, 0.2) is 6.10 Å². The van der Waals surface area contributed by atoms with Gasteiger partial charge in [-0.25, -0.2) is 0 Å². The molecule has 82 heavy (non-hydrogen) atoms. The van der Waals surface area contributed by atoms with Gasteiger partial charge in [-0.15, -0.1) is 0 Å². The van der Waals surface area contributed by atoms with E-state index in [4.69, 9.17) is 14.2 Å². The summed E-state index contributed by atoms with van der Waals surface area (Å²) in [6.07, 6.45) is 99.7. The quantitative estimate of drug-likeness (QED) is 0.0261. The Bertz CT molecular complexity index is 1830. The summed E-state index contributed by atoms with van der Waals surface area (Å²) in [6.45, 7) is 6.37. The maximum absolute atomic E-state index is 12.9. The number of esters is 3. The highest BCUT2D eigenvalue weighted by Gasteiger charge is 2.19. The molecule has 0 aromatic rings. The molecule has 0 N–H and O–H groups in total. The highest BCUT2D eigenvalue weighted by Crippen LogP contribution is 2.15. The van der Waals surface area contributed by atoms with Crippen molar-refractivity contribution in [3.05, 3.63) is 158 Å². The summed E-state index contributed by atoms with van der Waals surface area (Å²) in [5.74, 6) is -0.949. The molecule has 6 nitrogen and oxygen atoms in total. The molecule has 0 aromatic heterocycles. The van der Waals surface area contributed by atoms with Gasteiger partial charge < -0.3 is 14.2 Å². The fourth-order valence-corrected chi connectivity index (χ4v) is 8.80. The Morgan fingerprint density at radius 1 is 0.256 bits per heavy atom. The van der Waals surface area contributed by atoms with Crippen LogP contribution in [-0.4, -0.2) is 37.2 Å². The number of allylic oxidation sites excluding steroid dienone is 26. The van der Waals surface area contributed by atoms with Crippen molar-refractivity contribution in [3.63, 3.8) is 0 Å². The third-order valence-corrected chi connectivity index (χ3v) is 13.7. The lowest BCUT2D eigenvalue weighted by molar-refractivity contribution is -0.167. The van der Waals surface area contributed by atoms with Crippen LogP contribution in [-0.2, 0) is 28.6 Å². The van der Waals surface area contributed by atoms with E-state index in [0.29, 0.717) is 12.8 Å². The van der Waals surface area contributed by atoms with Gasteiger partial charge >= 0.3 is 17.9 Å². The second-order valence-corrected chi connectivity index (χ2v) is 21.6. The second-order valence-electron chi connectivity index (χ2n) is 21.6. The van der Waals surface area contributed by atoms with E-state index < -0.39 is 6.10 Å². The molecule has 1 atom stereocenters. The molecule has 0 saturated carbocycles. The van der Waals surface area contributed by atoms with Gasteiger partial charge in [0.05, 0.1) is 0 Å². The number of hydrogen-bond acceptors (Lipinski definition) is 6. The van der Waals surface area contributed by atoms with Crippen LogP contribution in [0.25, 0.3) is 0 Å². The van der Waals surface area contributed by atoms with Crippen LogP contribution in [0.15, 0.2) is 158 Å². The minimum absolute atomic E-state index is 0.103. The van der Waals surface area contributed by atoms with Crippen molar-refractivity contribution < 1.29 is 28.6 Å². The van der Waals surface area contributed by atoms with Crippen LogP contribution >= 0.6 is 0 Å². The summed E-state index contributed by atoms with van der Waals surface area (Å²) in [7, 11) is 0. The fourth-order valence-electron chi connectivity index (χ4n) is 8.80. The van der Waals surface area contributed by atoms with E-state index in [-0.39, 0.29) is 37.5 Å². The molecule has 0 rings (SSSR count). The summed E-state index contributed by atoms with van der Waals surface area (Å²) in [5.41, 5.74) is 0. The van der Waals surface area contributed by atoms with Gasteiger partial charge in [0.1, 0.15) is 13.2 Å². The molecule has 0 radical (unpaired) electrons. The van der Waals surface area contributed by atoms with E-state index >= 15 is 0 Å². The first-order chi connectivity index (χ1) is 40.5. The minimum atomic E-state index is -0.810. The summed E-state index contributed by atoms with van der Waals surface area (Å²) in [6, 6.07) is 0. The van der Waals surface area contributed by atoms with Crippen LogP contribution in [0.5, 0.6) is 0 Å². The zero-order valence-corrected chi connectivity index (χ0v) is 52.9. The maximum atomic E-state index is 12.9. The van der Waals surface area contributed by atoms with Crippen molar-refractivity contribution in [1.29, 1.82) is 0 Å². The molecule has 0 aliphatic heterocycles. The first-order valence-corrected chi connectivity index (χ1v) is 33.5. The topological polar surface area (TPSA) is 78.9 Å². The summed E-state index contributed by atoms with van der Waals surface area (Å²) in [4.78, 5) is 38.4. The van der Waals surface area contributed by atoms with E-state index in [0.717, 1.165) is 161 Å². The molecule has 462 valence electrons. The average Bonchev–Trinajstić information content (AvgIpc) is 3.47. The fraction of sp³-hybridized carbons (Fsp3) is 0.618. The zero-order valence-electron chi connectivity index (χ0n) is 52.9. The van der Waals surface area contributed by atoms with Crippen molar-refractivity contribution in [2.24, 2.45) is 0 Å². The Hall–Kier alpha value is -4.97. The van der Waals surface area contributed by atoms with Crippen molar-refractivity contribution in [3.8, 4) is 0 Å². The predicted molar refractivity (Wildman–Crippen MR) is 357 cm³/mol. The summed E-state index contributed by atoms with van der Waals surface area (Å²) < 4.78 is 16.9. The molecule has 1 unspecified atom stereocenters. The Kier molecular flexibility index (Phi) is 64.4. The van der Waals surface area contributed by atoms with Crippen molar-refractivity contribution in [2.75, 3.05) is 13.2 Å². The van der Waals surface area contributed by atoms with E-state index in [1.165, 1.54) is 83.5 Å². The minimum Gasteiger partial charge on any atom is -0.462 e. The molecule has 0 bridgehead atoms. The molecule has 6 heteroatoms. The van der Waals surface area contributed by atoms with Crippen LogP contribution in [0.4, 0.5) is 0 Å². The molecule has 0 aromatic carbocycles. The highest BCUT2D eigenvalue weighted by molar-refractivity contribution is 5.71. The number of unbranched alkanes of at least 4 members (excludes halogenated alkanes) is 22. The smallest absolute Gasteiger partial charge is 0.306 e. The second kappa shape index (κ2) is 68.5. The molecular weight excluding hydrogens is 1010 g/mol. The van der Waals surface area contributed by atoms with Crippen molar-refractivity contribution in [2.45, 2.75) is 290 Å². The van der Waals surface area contributed by atoms with Crippen LogP contribution in [0.3, 0.4) is 0 Å². The number of carbonyl (C=O) groups is 3. The van der Waals surface area contributed by atoms with Crippen molar-refractivity contribution >= 4 is 17.9 Å². The molecule has 0 heterocycles. The van der Waals surface area contributed by atoms with Crippen LogP contribution in [0, 0.1) is 0 Å². The third kappa shape index (κ3) is 65.8. The number of rotatable bonds is 59. The lowest BCUT2D eigenvalue weighted by Crippen LogP contribution is -2.30. The van der Waals surface area contributed by atoms with Gasteiger partial charge in [0, 0.05) is 19.3 Å². The monoisotopic (exact) mass is 1130 g/mol. The number of ether oxygens (including phenoxy) is 3. The standard InChI is InChI=1S/C76H122O6/c1-4-7-10-13-16-19-22-25-28-30-32-33-34-35-36-37-38-39-40-41-42-43-45-46-48-51-54-57-60-63-66-69-75(78)81-72-73(71-80-74(77)68-65-62-59-56-53-50-27-24-21-18-15-12-9-6-3)82-76(79)70-67-64-61-58-55-52-49-47-44-31-29-26-23-20-17-14-11-8-5-2/h7-8,10-11,16-17,19-20,24-29,32-33,35-36,38-39,41-42,44,47,52,55,73H,4-6,9,12-15,18,21-23,30-31,34,37,40,43,45-46,48-51,53-54,56-72H2,1-3H3/b10-7-,11-8-,19-16-,20-17-,27-24-,28-25-,29-26-,33-32-,36-35-,39-38-,42-41-,47-44-,55-52-. The van der Waals surface area contributed by atoms with Gasteiger partial charge in [0.25, 0.3) is 0 Å². The maximum Gasteiger partial charge on any atom is 0.306 e. The lowest BCUT2D eigenvalue weighted by atomic mass is 10.1. The Balaban J connectivity index is 4.38. The molecule has 0 amide bonds. The predicted octanol–water partition coefficient (Wildman–Crippen LogP) is 23.3. The van der Waals surface area contributed by atoms with E-state index in [1.54, 1.807) is 0 Å². The number of hydrogen-bond donors (Lipinski definition) is 0. The normalized spacial score (nSPS) is 13.2. The van der Waals surface area contributed by atoms with E-state index in [1.807, 2.05) is 0 Å². The molecule has 0 fully saturated rings. The van der Waals surface area contributed by atoms with Crippen LogP contribution in [0.2, 0.25) is 0 Å².